The van der Waals surface area contributed by atoms with Crippen LogP contribution < -0.4 is 0 Å². The van der Waals surface area contributed by atoms with E-state index in [4.69, 9.17) is 14.2 Å². The van der Waals surface area contributed by atoms with Crippen LogP contribution in [0.5, 0.6) is 0 Å². The average molecular weight is 416 g/mol. The molecule has 2 unspecified atom stereocenters. The second kappa shape index (κ2) is 8.66. The minimum Gasteiger partial charge on any atom is -0.498 e. The Hall–Kier alpha value is -2.57. The number of rotatable bonds is 4. The highest BCUT2D eigenvalue weighted by atomic mass is 19.2. The molecule has 6 heteroatoms. The zero-order chi connectivity index (χ0) is 21.3. The van der Waals surface area contributed by atoms with Crippen LogP contribution in [0.2, 0.25) is 0 Å². The Labute approximate surface area is 173 Å². The van der Waals surface area contributed by atoms with Gasteiger partial charge in [-0.25, -0.2) is 13.2 Å². The monoisotopic (exact) mass is 416 g/mol. The molecule has 3 nitrogen and oxygen atoms in total. The molecule has 1 heterocycles. The molecule has 2 aromatic rings. The predicted molar refractivity (Wildman–Crippen MR) is 109 cm³/mol. The largest absolute Gasteiger partial charge is 0.498 e. The second-order valence-electron chi connectivity index (χ2n) is 7.62. The number of hydrogen-bond donors (Lipinski definition) is 0. The van der Waals surface area contributed by atoms with Gasteiger partial charge in [0.2, 0.25) is 0 Å². The standard InChI is InChI=1S/C24H23F3O3/c1-14-12-29-24(30-13-14)17-7-8-18(20(25)11-17)15-3-5-16(6-4-15)19-9-10-21(28-2)23(27)22(19)26/h3-11,14,22-24H,12-13H2,1-2H3. The first-order valence-corrected chi connectivity index (χ1v) is 9.85. The molecule has 0 aromatic heterocycles. The van der Waals surface area contributed by atoms with Crippen molar-refractivity contribution >= 4 is 5.57 Å². The van der Waals surface area contributed by atoms with Crippen LogP contribution in [0.3, 0.4) is 0 Å². The van der Waals surface area contributed by atoms with Gasteiger partial charge in [-0.2, -0.15) is 0 Å². The molecule has 0 radical (unpaired) electrons. The Morgan fingerprint density at radius 1 is 0.900 bits per heavy atom. The molecule has 2 atom stereocenters. The quantitative estimate of drug-likeness (QED) is 0.633. The van der Waals surface area contributed by atoms with Crippen LogP contribution in [0.4, 0.5) is 13.2 Å². The maximum atomic E-state index is 14.8. The van der Waals surface area contributed by atoms with Crippen molar-refractivity contribution < 1.29 is 27.4 Å². The van der Waals surface area contributed by atoms with Crippen molar-refractivity contribution in [2.75, 3.05) is 20.3 Å². The zero-order valence-electron chi connectivity index (χ0n) is 16.8. The highest BCUT2D eigenvalue weighted by molar-refractivity contribution is 5.75. The van der Waals surface area contributed by atoms with Crippen LogP contribution in [0.15, 0.2) is 60.4 Å². The van der Waals surface area contributed by atoms with Crippen molar-refractivity contribution in [1.82, 2.24) is 0 Å². The molecule has 158 valence electrons. The third-order valence-corrected chi connectivity index (χ3v) is 5.35. The highest BCUT2D eigenvalue weighted by Crippen LogP contribution is 2.34. The summed E-state index contributed by atoms with van der Waals surface area (Å²) in [5, 5.41) is 0. The van der Waals surface area contributed by atoms with E-state index in [0.717, 1.165) is 0 Å². The maximum Gasteiger partial charge on any atom is 0.192 e. The number of alkyl halides is 2. The molecular formula is C24H23F3O3. The van der Waals surface area contributed by atoms with E-state index in [1.165, 1.54) is 25.3 Å². The van der Waals surface area contributed by atoms with Crippen molar-refractivity contribution in [1.29, 1.82) is 0 Å². The summed E-state index contributed by atoms with van der Waals surface area (Å²) < 4.78 is 59.4. The Morgan fingerprint density at radius 2 is 1.57 bits per heavy atom. The van der Waals surface area contributed by atoms with E-state index in [-0.39, 0.29) is 11.3 Å². The molecule has 0 N–H and O–H groups in total. The van der Waals surface area contributed by atoms with Gasteiger partial charge in [0.15, 0.2) is 18.6 Å². The fourth-order valence-corrected chi connectivity index (χ4v) is 3.64. The summed E-state index contributed by atoms with van der Waals surface area (Å²) in [6.07, 6.45) is -1.28. The van der Waals surface area contributed by atoms with Crippen molar-refractivity contribution in [3.05, 3.63) is 77.3 Å². The molecule has 1 saturated heterocycles. The summed E-state index contributed by atoms with van der Waals surface area (Å²) in [6, 6.07) is 11.6. The number of allylic oxidation sites excluding steroid dienone is 4. The van der Waals surface area contributed by atoms with Crippen molar-refractivity contribution in [3.8, 4) is 11.1 Å². The highest BCUT2D eigenvalue weighted by Gasteiger charge is 2.32. The van der Waals surface area contributed by atoms with Crippen molar-refractivity contribution in [2.45, 2.75) is 25.6 Å². The molecule has 1 aliphatic heterocycles. The molecule has 4 rings (SSSR count). The van der Waals surface area contributed by atoms with Gasteiger partial charge in [0.25, 0.3) is 0 Å². The van der Waals surface area contributed by atoms with Crippen LogP contribution in [-0.2, 0) is 14.2 Å². The van der Waals surface area contributed by atoms with E-state index in [9.17, 15) is 13.2 Å². The second-order valence-corrected chi connectivity index (χ2v) is 7.62. The van der Waals surface area contributed by atoms with Gasteiger partial charge in [-0.05, 0) is 28.8 Å². The number of methoxy groups -OCH3 is 1. The van der Waals surface area contributed by atoms with E-state index >= 15 is 0 Å². The summed E-state index contributed by atoms with van der Waals surface area (Å²) in [6.45, 7) is 3.17. The summed E-state index contributed by atoms with van der Waals surface area (Å²) in [5.74, 6) is -0.121. The Balaban J connectivity index is 1.55. The van der Waals surface area contributed by atoms with Gasteiger partial charge in [0.1, 0.15) is 11.6 Å². The molecule has 2 aromatic carbocycles. The lowest BCUT2D eigenvalue weighted by Gasteiger charge is -2.27. The van der Waals surface area contributed by atoms with Gasteiger partial charge in [0, 0.05) is 17.0 Å². The SMILES string of the molecule is COC1=CC=C(c2ccc(-c3ccc(C4OCC(C)CO4)cc3F)cc2)C(F)C1F. The molecular weight excluding hydrogens is 393 g/mol. The molecule has 0 spiro atoms. The van der Waals surface area contributed by atoms with Gasteiger partial charge < -0.3 is 14.2 Å². The molecule has 1 aliphatic carbocycles. The third-order valence-electron chi connectivity index (χ3n) is 5.35. The minimum absolute atomic E-state index is 0.0367. The fourth-order valence-electron chi connectivity index (χ4n) is 3.64. The van der Waals surface area contributed by atoms with Gasteiger partial charge in [-0.3, -0.25) is 0 Å². The van der Waals surface area contributed by atoms with Crippen LogP contribution in [0, 0.1) is 11.7 Å². The number of halogens is 3. The van der Waals surface area contributed by atoms with Crippen molar-refractivity contribution in [2.24, 2.45) is 5.92 Å². The lowest BCUT2D eigenvalue weighted by molar-refractivity contribution is -0.202. The van der Waals surface area contributed by atoms with E-state index in [2.05, 4.69) is 0 Å². The molecule has 0 bridgehead atoms. The number of hydrogen-bond acceptors (Lipinski definition) is 3. The fraction of sp³-hybridized carbons (Fsp3) is 0.333. The van der Waals surface area contributed by atoms with Crippen LogP contribution in [0.1, 0.15) is 24.3 Å². The molecule has 1 fully saturated rings. The van der Waals surface area contributed by atoms with Gasteiger partial charge in [-0.15, -0.1) is 0 Å². The lowest BCUT2D eigenvalue weighted by Crippen LogP contribution is -2.25. The van der Waals surface area contributed by atoms with Crippen LogP contribution in [0.25, 0.3) is 16.7 Å². The Morgan fingerprint density at radius 3 is 2.20 bits per heavy atom. The average Bonchev–Trinajstić information content (AvgIpc) is 2.76. The first kappa shape index (κ1) is 20.7. The summed E-state index contributed by atoms with van der Waals surface area (Å²) >= 11 is 0. The summed E-state index contributed by atoms with van der Waals surface area (Å²) in [4.78, 5) is 0. The molecule has 0 saturated carbocycles. The van der Waals surface area contributed by atoms with E-state index in [1.807, 2.05) is 6.92 Å². The molecule has 30 heavy (non-hydrogen) atoms. The van der Waals surface area contributed by atoms with Gasteiger partial charge in [0.05, 0.1) is 20.3 Å². The summed E-state index contributed by atoms with van der Waals surface area (Å²) in [5.41, 5.74) is 2.44. The lowest BCUT2D eigenvalue weighted by atomic mass is 9.92. The Bertz CT molecular complexity index is 960. The number of ether oxygens (including phenoxy) is 3. The van der Waals surface area contributed by atoms with Crippen LogP contribution in [-0.4, -0.2) is 32.7 Å². The topological polar surface area (TPSA) is 27.7 Å². The van der Waals surface area contributed by atoms with Gasteiger partial charge >= 0.3 is 0 Å². The normalized spacial score (nSPS) is 26.7. The zero-order valence-corrected chi connectivity index (χ0v) is 16.8. The first-order valence-electron chi connectivity index (χ1n) is 9.85. The third kappa shape index (κ3) is 4.02. The molecule has 2 aliphatic rings. The van der Waals surface area contributed by atoms with Gasteiger partial charge in [-0.1, -0.05) is 49.4 Å². The minimum atomic E-state index is -1.84. The molecule has 0 amide bonds. The van der Waals surface area contributed by atoms with Crippen LogP contribution >= 0.6 is 0 Å². The van der Waals surface area contributed by atoms with E-state index in [1.54, 1.807) is 36.4 Å². The van der Waals surface area contributed by atoms with Crippen molar-refractivity contribution in [3.63, 3.8) is 0 Å². The smallest absolute Gasteiger partial charge is 0.192 e. The maximum absolute atomic E-state index is 14.8. The summed E-state index contributed by atoms with van der Waals surface area (Å²) in [7, 11) is 1.31. The first-order chi connectivity index (χ1) is 14.5. The van der Waals surface area contributed by atoms with E-state index in [0.29, 0.717) is 41.4 Å². The Kier molecular flexibility index (Phi) is 5.97. The number of benzene rings is 2. The van der Waals surface area contributed by atoms with E-state index < -0.39 is 24.5 Å². The predicted octanol–water partition coefficient (Wildman–Crippen LogP) is 5.78.